The molecular formula is C18H25N3O4. The summed E-state index contributed by atoms with van der Waals surface area (Å²) < 4.78 is 22.3. The fraction of sp³-hybridized carbons (Fsp3) is 0.556. The number of aryl methyl sites for hydroxylation is 1. The summed E-state index contributed by atoms with van der Waals surface area (Å²) >= 11 is 0. The third-order valence-electron chi connectivity index (χ3n) is 4.59. The summed E-state index contributed by atoms with van der Waals surface area (Å²) in [6.07, 6.45) is 1.95. The number of para-hydroxylation sites is 1. The molecule has 1 saturated heterocycles. The Hall–Kier alpha value is -2.28. The van der Waals surface area contributed by atoms with E-state index < -0.39 is 0 Å². The van der Waals surface area contributed by atoms with E-state index in [0.717, 1.165) is 25.9 Å². The van der Waals surface area contributed by atoms with Crippen LogP contribution in [0.4, 0.5) is 0 Å². The summed E-state index contributed by atoms with van der Waals surface area (Å²) in [6, 6.07) is 5.77. The number of ether oxygens (including phenoxy) is 3. The van der Waals surface area contributed by atoms with Gasteiger partial charge in [-0.3, -0.25) is 4.90 Å². The van der Waals surface area contributed by atoms with Gasteiger partial charge in [-0.05, 0) is 38.8 Å². The van der Waals surface area contributed by atoms with Gasteiger partial charge in [-0.2, -0.15) is 4.98 Å². The van der Waals surface area contributed by atoms with Crippen LogP contribution >= 0.6 is 0 Å². The molecule has 0 amide bonds. The first kappa shape index (κ1) is 17.5. The van der Waals surface area contributed by atoms with Crippen LogP contribution in [-0.2, 0) is 0 Å². The predicted molar refractivity (Wildman–Crippen MR) is 92.2 cm³/mol. The van der Waals surface area contributed by atoms with Gasteiger partial charge < -0.3 is 18.7 Å². The first-order valence-electron chi connectivity index (χ1n) is 8.54. The number of hydrogen-bond acceptors (Lipinski definition) is 7. The lowest BCUT2D eigenvalue weighted by Crippen LogP contribution is -2.39. The van der Waals surface area contributed by atoms with Crippen molar-refractivity contribution in [3.8, 4) is 17.2 Å². The van der Waals surface area contributed by atoms with Gasteiger partial charge in [-0.1, -0.05) is 11.2 Å². The Labute approximate surface area is 147 Å². The topological polar surface area (TPSA) is 69.8 Å². The number of rotatable bonds is 6. The summed E-state index contributed by atoms with van der Waals surface area (Å²) in [4.78, 5) is 6.67. The minimum Gasteiger partial charge on any atom is -0.493 e. The zero-order valence-corrected chi connectivity index (χ0v) is 15.2. The van der Waals surface area contributed by atoms with E-state index in [0.29, 0.717) is 29.0 Å². The van der Waals surface area contributed by atoms with E-state index in [1.54, 1.807) is 14.2 Å². The van der Waals surface area contributed by atoms with Gasteiger partial charge in [-0.15, -0.1) is 0 Å². The highest BCUT2D eigenvalue weighted by Gasteiger charge is 2.28. The van der Waals surface area contributed by atoms with E-state index in [9.17, 15) is 0 Å². The molecule has 7 nitrogen and oxygen atoms in total. The molecule has 0 radical (unpaired) electrons. The lowest BCUT2D eigenvalue weighted by atomic mass is 10.1. The first-order valence-corrected chi connectivity index (χ1v) is 8.54. The Balaban J connectivity index is 1.62. The van der Waals surface area contributed by atoms with Gasteiger partial charge in [0.25, 0.3) is 0 Å². The van der Waals surface area contributed by atoms with Crippen LogP contribution in [-0.4, -0.2) is 48.5 Å². The number of piperidine rings is 1. The molecule has 0 bridgehead atoms. The van der Waals surface area contributed by atoms with Crippen LogP contribution in [0.2, 0.25) is 0 Å². The molecule has 1 aliphatic heterocycles. The van der Waals surface area contributed by atoms with Gasteiger partial charge in [-0.25, -0.2) is 0 Å². The Morgan fingerprint density at radius 3 is 2.32 bits per heavy atom. The Morgan fingerprint density at radius 1 is 1.16 bits per heavy atom. The quantitative estimate of drug-likeness (QED) is 0.795. The highest BCUT2D eigenvalue weighted by molar-refractivity contribution is 5.51. The standard InChI is InChI=1S/C18H25N3O4/c1-12(18-19-13(2)20-25-18)21-10-8-14(9-11-21)24-17-15(22-3)6-5-7-16(17)23-4/h5-7,12,14H,8-11H2,1-4H3/t12-/m0/s1. The minimum absolute atomic E-state index is 0.114. The zero-order chi connectivity index (χ0) is 17.8. The average Bonchev–Trinajstić information content (AvgIpc) is 3.08. The first-order chi connectivity index (χ1) is 12.1. The molecule has 3 rings (SSSR count). The van der Waals surface area contributed by atoms with E-state index >= 15 is 0 Å². The Bertz CT molecular complexity index is 673. The predicted octanol–water partition coefficient (Wildman–Crippen LogP) is 3.00. The fourth-order valence-corrected chi connectivity index (χ4v) is 3.12. The number of benzene rings is 1. The molecular weight excluding hydrogens is 322 g/mol. The molecule has 1 atom stereocenters. The largest absolute Gasteiger partial charge is 0.493 e. The molecule has 7 heteroatoms. The van der Waals surface area contributed by atoms with E-state index in [4.69, 9.17) is 18.7 Å². The van der Waals surface area contributed by atoms with Crippen LogP contribution in [0, 0.1) is 6.92 Å². The summed E-state index contributed by atoms with van der Waals surface area (Å²) in [5.74, 6) is 3.39. The number of methoxy groups -OCH3 is 2. The zero-order valence-electron chi connectivity index (χ0n) is 15.2. The van der Waals surface area contributed by atoms with Crippen molar-refractivity contribution in [2.75, 3.05) is 27.3 Å². The van der Waals surface area contributed by atoms with E-state index in [2.05, 4.69) is 22.0 Å². The second kappa shape index (κ2) is 7.74. The van der Waals surface area contributed by atoms with Crippen molar-refractivity contribution in [2.24, 2.45) is 0 Å². The molecule has 2 heterocycles. The summed E-state index contributed by atoms with van der Waals surface area (Å²) in [5.41, 5.74) is 0. The van der Waals surface area contributed by atoms with Gasteiger partial charge in [0, 0.05) is 13.1 Å². The second-order valence-electron chi connectivity index (χ2n) is 6.20. The highest BCUT2D eigenvalue weighted by Crippen LogP contribution is 2.38. The van der Waals surface area contributed by atoms with Crippen molar-refractivity contribution in [3.05, 3.63) is 29.9 Å². The molecule has 136 valence electrons. The van der Waals surface area contributed by atoms with Crippen LogP contribution in [0.3, 0.4) is 0 Å². The van der Waals surface area contributed by atoms with E-state index in [1.165, 1.54) is 0 Å². The molecule has 1 fully saturated rings. The van der Waals surface area contributed by atoms with Gasteiger partial charge in [0.2, 0.25) is 11.6 Å². The van der Waals surface area contributed by atoms with Crippen molar-refractivity contribution in [1.82, 2.24) is 15.0 Å². The molecule has 0 unspecified atom stereocenters. The number of aromatic nitrogens is 2. The van der Waals surface area contributed by atoms with Gasteiger partial charge in [0.05, 0.1) is 20.3 Å². The number of hydrogen-bond donors (Lipinski definition) is 0. The smallest absolute Gasteiger partial charge is 0.243 e. The van der Waals surface area contributed by atoms with Gasteiger partial charge in [0.1, 0.15) is 6.10 Å². The maximum Gasteiger partial charge on any atom is 0.243 e. The monoisotopic (exact) mass is 347 g/mol. The van der Waals surface area contributed by atoms with Crippen LogP contribution in [0.25, 0.3) is 0 Å². The van der Waals surface area contributed by atoms with Crippen LogP contribution in [0.5, 0.6) is 17.2 Å². The summed E-state index contributed by atoms with van der Waals surface area (Å²) in [7, 11) is 3.27. The molecule has 0 aliphatic carbocycles. The SMILES string of the molecule is COc1cccc(OC)c1OC1CCN([C@@H](C)c2nc(C)no2)CC1. The van der Waals surface area contributed by atoms with Crippen molar-refractivity contribution < 1.29 is 18.7 Å². The number of likely N-dealkylation sites (tertiary alicyclic amines) is 1. The lowest BCUT2D eigenvalue weighted by molar-refractivity contribution is 0.0668. The molecule has 1 aromatic carbocycles. The lowest BCUT2D eigenvalue weighted by Gasteiger charge is -2.34. The molecule has 25 heavy (non-hydrogen) atoms. The van der Waals surface area contributed by atoms with Gasteiger partial charge in [0.15, 0.2) is 17.3 Å². The molecule has 2 aromatic rings. The highest BCUT2D eigenvalue weighted by atomic mass is 16.5. The third kappa shape index (κ3) is 3.87. The van der Waals surface area contributed by atoms with Gasteiger partial charge >= 0.3 is 0 Å². The third-order valence-corrected chi connectivity index (χ3v) is 4.59. The normalized spacial score (nSPS) is 17.3. The number of nitrogens with zero attached hydrogens (tertiary/aromatic N) is 3. The van der Waals surface area contributed by atoms with Crippen molar-refractivity contribution in [3.63, 3.8) is 0 Å². The molecule has 0 saturated carbocycles. The van der Waals surface area contributed by atoms with Crippen molar-refractivity contribution in [1.29, 1.82) is 0 Å². The average molecular weight is 347 g/mol. The minimum atomic E-state index is 0.114. The van der Waals surface area contributed by atoms with Crippen LogP contribution in [0.15, 0.2) is 22.7 Å². The van der Waals surface area contributed by atoms with Crippen molar-refractivity contribution in [2.45, 2.75) is 38.8 Å². The van der Waals surface area contributed by atoms with Crippen molar-refractivity contribution >= 4 is 0 Å². The van der Waals surface area contributed by atoms with E-state index in [-0.39, 0.29) is 12.1 Å². The second-order valence-corrected chi connectivity index (χ2v) is 6.20. The van der Waals surface area contributed by atoms with E-state index in [1.807, 2.05) is 25.1 Å². The summed E-state index contributed by atoms with van der Waals surface area (Å²) in [5, 5.41) is 3.88. The fourth-order valence-electron chi connectivity index (χ4n) is 3.12. The summed E-state index contributed by atoms with van der Waals surface area (Å²) in [6.45, 7) is 5.74. The molecule has 1 aromatic heterocycles. The maximum absolute atomic E-state index is 6.21. The Morgan fingerprint density at radius 2 is 1.80 bits per heavy atom. The molecule has 1 aliphatic rings. The maximum atomic E-state index is 6.21. The van der Waals surface area contributed by atoms with Crippen LogP contribution < -0.4 is 14.2 Å². The molecule has 0 N–H and O–H groups in total. The Kier molecular flexibility index (Phi) is 5.43. The van der Waals surface area contributed by atoms with Crippen LogP contribution in [0.1, 0.15) is 37.5 Å². The molecule has 0 spiro atoms.